The third kappa shape index (κ3) is 23.8. The molecule has 0 aliphatic carbocycles. The van der Waals surface area contributed by atoms with Gasteiger partial charge in [0.2, 0.25) is 11.6 Å². The number of ether oxygens (including phenoxy) is 11. The molecule has 0 aromatic rings. The summed E-state index contributed by atoms with van der Waals surface area (Å²) in [5, 5.41) is 68.4. The van der Waals surface area contributed by atoms with Crippen LogP contribution in [0.15, 0.2) is 24.3 Å². The fourth-order valence-corrected chi connectivity index (χ4v) is 23.2. The minimum absolute atomic E-state index is 0.00335. The third-order valence-electron chi connectivity index (χ3n) is 30.8. The highest BCUT2D eigenvalue weighted by molar-refractivity contribution is 7.57. The lowest BCUT2D eigenvalue weighted by Gasteiger charge is -2.54. The van der Waals surface area contributed by atoms with E-state index in [1.807, 2.05) is 76.2 Å². The molecular formula is C95H164O25P2. The minimum Gasteiger partial charge on any atom is -0.465 e. The number of aliphatic hydroxyl groups excluding tert-OH is 4. The molecule has 8 saturated heterocycles. The van der Waals surface area contributed by atoms with Crippen LogP contribution in [0.3, 0.4) is 0 Å². The van der Waals surface area contributed by atoms with Crippen LogP contribution in [0.2, 0.25) is 0 Å². The molecule has 10 rings (SSSR count). The summed E-state index contributed by atoms with van der Waals surface area (Å²) in [6.45, 7) is 46.8. The van der Waals surface area contributed by atoms with E-state index in [-0.39, 0.29) is 126 Å². The Morgan fingerprint density at radius 1 is 0.459 bits per heavy atom. The van der Waals surface area contributed by atoms with Gasteiger partial charge in [-0.05, 0) is 218 Å². The molecule has 8 fully saturated rings. The van der Waals surface area contributed by atoms with Crippen LogP contribution in [0.4, 0.5) is 0 Å². The standard InChI is InChI=1S/C48H83O12P.C47H81O13P/c1-13-35(37(49)18-16-15-17-27-55-61(11,12)54)38-20-19-29(3)43(57-38)33(7)41(51)32(6)42(52)36(14-2)44-30(4)28-31(5)47(58-44)24-21-39(50)48(60-47)26-25-46(10,59-48)40-22-23-45(9,53)34(8)56-40;1-13-34(43(51)54-25-15-16-26-55-61(11,12)53)36-18-17-28(3)41(57-36)32(7)39(49)31(6)40(50)35(14-2)42-29(4)27-30(5)46(58-42)22-19-37(48)47(60-46)24-23-45(10,59-47)38-20-21-44(9,52)33(8)56-38/h21,24,29-36,38-41,43-44,50-51,53H,13-20,22-23,25-28H2,1-12H3;19,22,28-39,41-42,48-49,52H,13-18,20-21,23-27H2,1-12H3/t29-,30-,31+,32-,33-,34-,35+,36-,38+,39+,40+,41+,43+,44-,45+,46-,47-,48-;28-,29-,30+,31-,32-,33-,34-,35-,36+,37+,38+,39+,41+,42-,44+,45-,46-,47-/m00/s1. The number of carbonyl (C=O) groups excluding carboxylic acids is 4. The van der Waals surface area contributed by atoms with Gasteiger partial charge in [-0.3, -0.25) is 28.3 Å². The van der Waals surface area contributed by atoms with Crippen molar-refractivity contribution in [1.29, 1.82) is 0 Å². The first-order chi connectivity index (χ1) is 56.9. The number of unbranched alkanes of at least 4 members (excludes halogenated alkanes) is 3. The van der Waals surface area contributed by atoms with Crippen LogP contribution in [0.25, 0.3) is 0 Å². The second-order valence-corrected chi connectivity index (χ2v) is 46.8. The lowest BCUT2D eigenvalue weighted by molar-refractivity contribution is -0.409. The van der Waals surface area contributed by atoms with Gasteiger partial charge in [-0.2, -0.15) is 0 Å². The van der Waals surface area contributed by atoms with Gasteiger partial charge in [-0.25, -0.2) is 0 Å². The molecular weight excluding hydrogens is 1600 g/mol. The van der Waals surface area contributed by atoms with E-state index in [0.717, 1.165) is 44.9 Å². The van der Waals surface area contributed by atoms with Crippen molar-refractivity contribution in [2.45, 2.75) is 424 Å². The number of hydrogen-bond donors (Lipinski definition) is 6. The van der Waals surface area contributed by atoms with Crippen LogP contribution in [0.1, 0.15) is 293 Å². The molecule has 6 N–H and O–H groups in total. The molecule has 704 valence electrons. The van der Waals surface area contributed by atoms with Crippen molar-refractivity contribution in [2.24, 2.45) is 82.9 Å². The first-order valence-electron chi connectivity index (χ1n) is 47.3. The Hall–Kier alpha value is -2.30. The number of rotatable bonds is 35. The Bertz CT molecular complexity index is 3360. The molecule has 10 aliphatic rings. The summed E-state index contributed by atoms with van der Waals surface area (Å²) in [5.74, 6) is -9.35. The van der Waals surface area contributed by atoms with Crippen molar-refractivity contribution in [3.8, 4) is 0 Å². The minimum atomic E-state index is -2.54. The van der Waals surface area contributed by atoms with Crippen LogP contribution in [-0.4, -0.2) is 231 Å². The van der Waals surface area contributed by atoms with Crippen LogP contribution in [-0.2, 0) is 89.5 Å². The number of carbonyl (C=O) groups is 4. The van der Waals surface area contributed by atoms with Crippen molar-refractivity contribution in [3.63, 3.8) is 0 Å². The summed E-state index contributed by atoms with van der Waals surface area (Å²) in [6.07, 6.45) is 14.6. The van der Waals surface area contributed by atoms with Crippen molar-refractivity contribution >= 4 is 38.1 Å². The summed E-state index contributed by atoms with van der Waals surface area (Å²) in [4.78, 5) is 56.0. The van der Waals surface area contributed by atoms with E-state index in [0.29, 0.717) is 122 Å². The smallest absolute Gasteiger partial charge is 0.311 e. The number of aliphatic hydroxyl groups is 6. The molecule has 0 saturated carbocycles. The third-order valence-corrected chi connectivity index (χ3v) is 32.4. The van der Waals surface area contributed by atoms with E-state index in [4.69, 9.17) is 61.2 Å². The van der Waals surface area contributed by atoms with Gasteiger partial charge in [0.1, 0.15) is 29.6 Å². The predicted octanol–water partition coefficient (Wildman–Crippen LogP) is 16.0. The van der Waals surface area contributed by atoms with Gasteiger partial charge < -0.3 is 91.8 Å². The zero-order valence-electron chi connectivity index (χ0n) is 78.9. The Labute approximate surface area is 731 Å². The van der Waals surface area contributed by atoms with Crippen molar-refractivity contribution in [3.05, 3.63) is 24.3 Å². The zero-order chi connectivity index (χ0) is 90.6. The number of esters is 1. The van der Waals surface area contributed by atoms with E-state index >= 15 is 0 Å². The lowest BCUT2D eigenvalue weighted by atomic mass is 9.72. The van der Waals surface area contributed by atoms with Gasteiger partial charge in [0.15, 0.2) is 26.3 Å². The summed E-state index contributed by atoms with van der Waals surface area (Å²) in [7, 11) is -5.05. The first kappa shape index (κ1) is 103. The van der Waals surface area contributed by atoms with Crippen LogP contribution >= 0.6 is 14.7 Å². The molecule has 0 aromatic carbocycles. The molecule has 25 nitrogen and oxygen atoms in total. The van der Waals surface area contributed by atoms with Gasteiger partial charge in [-0.1, -0.05) is 103 Å². The van der Waals surface area contributed by atoms with Gasteiger partial charge in [0.05, 0.1) is 121 Å². The second kappa shape index (κ2) is 42.1. The maximum absolute atomic E-state index is 14.6. The summed E-state index contributed by atoms with van der Waals surface area (Å²) in [5.41, 5.74) is -3.37. The number of ketones is 3. The Balaban J connectivity index is 0.000000277. The molecule has 36 atom stereocenters. The van der Waals surface area contributed by atoms with Gasteiger partial charge in [-0.15, -0.1) is 0 Å². The van der Waals surface area contributed by atoms with E-state index in [9.17, 15) is 58.9 Å². The fourth-order valence-electron chi connectivity index (χ4n) is 22.1. The average Bonchev–Trinajstić information content (AvgIpc) is 1.48. The van der Waals surface area contributed by atoms with Gasteiger partial charge in [0.25, 0.3) is 0 Å². The maximum Gasteiger partial charge on any atom is 0.311 e. The van der Waals surface area contributed by atoms with E-state index in [1.54, 1.807) is 71.7 Å². The summed E-state index contributed by atoms with van der Waals surface area (Å²) < 4.78 is 108. The molecule has 4 spiro atoms. The van der Waals surface area contributed by atoms with Crippen molar-refractivity contribution in [2.75, 3.05) is 46.5 Å². The molecule has 27 heteroatoms. The fraction of sp³-hybridized carbons (Fsp3) is 0.916. The highest BCUT2D eigenvalue weighted by Crippen LogP contribution is 2.57. The van der Waals surface area contributed by atoms with Crippen molar-refractivity contribution in [1.82, 2.24) is 0 Å². The molecule has 0 radical (unpaired) electrons. The quantitative estimate of drug-likeness (QED) is 0.0149. The monoisotopic (exact) mass is 1770 g/mol. The Kier molecular flexibility index (Phi) is 35.7. The average molecular weight is 1770 g/mol. The molecule has 10 aliphatic heterocycles. The van der Waals surface area contributed by atoms with E-state index in [1.165, 1.54) is 0 Å². The van der Waals surface area contributed by atoms with Crippen LogP contribution in [0.5, 0.6) is 0 Å². The molecule has 122 heavy (non-hydrogen) atoms. The summed E-state index contributed by atoms with van der Waals surface area (Å²) >= 11 is 0. The molecule has 0 unspecified atom stereocenters. The van der Waals surface area contributed by atoms with E-state index in [2.05, 4.69) is 41.5 Å². The van der Waals surface area contributed by atoms with Crippen LogP contribution in [0, 0.1) is 82.9 Å². The number of Topliss-reactive ketones (excluding diaryl/α,β-unsaturated/α-hetero) is 3. The molecule has 0 bridgehead atoms. The maximum atomic E-state index is 14.6. The van der Waals surface area contributed by atoms with Crippen molar-refractivity contribution < 1.29 is 120 Å². The topological polar surface area (TPSA) is 344 Å². The zero-order valence-corrected chi connectivity index (χ0v) is 80.7. The highest BCUT2D eigenvalue weighted by atomic mass is 31.2. The highest BCUT2D eigenvalue weighted by Gasteiger charge is 2.66. The first-order valence-corrected chi connectivity index (χ1v) is 52.4. The summed E-state index contributed by atoms with van der Waals surface area (Å²) in [6, 6.07) is 0. The Morgan fingerprint density at radius 2 is 0.836 bits per heavy atom. The predicted molar refractivity (Wildman–Crippen MR) is 467 cm³/mol. The molecule has 0 aromatic heterocycles. The van der Waals surface area contributed by atoms with Gasteiger partial charge in [0, 0.05) is 99.2 Å². The van der Waals surface area contributed by atoms with Crippen LogP contribution < -0.4 is 0 Å². The largest absolute Gasteiger partial charge is 0.465 e. The Morgan fingerprint density at radius 3 is 1.21 bits per heavy atom. The second-order valence-electron chi connectivity index (χ2n) is 41.3. The molecule has 0 amide bonds. The SMILES string of the molecule is CC[C@H](C(=O)CCCCCOP(C)(C)=O)[C@H]1CC[C@H](C)[C@H]([C@@H](C)[C@H](O)[C@H](C)C(=O)[C@H](CC)[C@H]2O[C@]3(C=C[C@@H](O)[C@]4(CC[C@@](C)([C@H]5CC[C@@](C)(O)[C@H](C)O5)O4)O3)[C@H](C)C[C@@H]2C)O1.CC[C@H](C(=O)OCCCCOP(C)(C)=O)[C@H]1CC[C@H](C)[C@H]([C@@H](C)[C@H](O)[C@H](C)C(=O)[C@H](CC)[C@H]2O[C@]3(C=C[C@@H](O)[C@]4(CC[C@@](C)([C@H]5CC[C@@](C)(O)[C@H](C)O5)O4)O3)[C@H](C)C[C@@H]2C)O1. The lowest BCUT2D eigenvalue weighted by Crippen LogP contribution is -2.63. The molecule has 10 heterocycles. The van der Waals surface area contributed by atoms with E-state index < -0.39 is 132 Å². The number of hydrogen-bond acceptors (Lipinski definition) is 25. The normalized spacial score (nSPS) is 42.0. The van der Waals surface area contributed by atoms with Gasteiger partial charge >= 0.3 is 5.97 Å².